The van der Waals surface area contributed by atoms with Crippen molar-refractivity contribution in [2.45, 2.75) is 58.2 Å². The van der Waals surface area contributed by atoms with Gasteiger partial charge in [-0.05, 0) is 65.3 Å². The van der Waals surface area contributed by atoms with Crippen molar-refractivity contribution in [3.8, 4) is 11.1 Å². The first-order chi connectivity index (χ1) is 20.3. The van der Waals surface area contributed by atoms with Crippen molar-refractivity contribution in [1.29, 1.82) is 5.41 Å². The Morgan fingerprint density at radius 1 is 0.952 bits per heavy atom. The Hall–Kier alpha value is -4.72. The largest absolute Gasteiger partial charge is 0.327 e. The fourth-order valence-corrected chi connectivity index (χ4v) is 6.02. The van der Waals surface area contributed by atoms with Gasteiger partial charge in [0, 0.05) is 36.8 Å². The summed E-state index contributed by atoms with van der Waals surface area (Å²) in [6.45, 7) is 5.43. The van der Waals surface area contributed by atoms with Crippen molar-refractivity contribution in [2.75, 3.05) is 0 Å². The predicted molar refractivity (Wildman–Crippen MR) is 160 cm³/mol. The predicted octanol–water partition coefficient (Wildman–Crippen LogP) is 5.78. The molecule has 1 saturated heterocycles. The van der Waals surface area contributed by atoms with E-state index in [2.05, 4.69) is 34.9 Å². The number of carbonyl (C=O) groups excluding carboxylic acids is 2. The third-order valence-corrected chi connectivity index (χ3v) is 8.35. The zero-order valence-electron chi connectivity index (χ0n) is 24.0. The summed E-state index contributed by atoms with van der Waals surface area (Å²) < 4.78 is 0. The average molecular weight is 559 g/mol. The van der Waals surface area contributed by atoms with Crippen LogP contribution in [0.4, 0.5) is 0 Å². The molecule has 8 heteroatoms. The molecule has 1 atom stereocenters. The molecule has 0 aliphatic carbocycles. The van der Waals surface area contributed by atoms with Crippen molar-refractivity contribution >= 4 is 17.6 Å². The number of hydrogen-bond donors (Lipinski definition) is 1. The van der Waals surface area contributed by atoms with Gasteiger partial charge in [0.05, 0.1) is 36.4 Å². The average Bonchev–Trinajstić information content (AvgIpc) is 3.55. The lowest BCUT2D eigenvalue weighted by Crippen LogP contribution is -2.38. The molecule has 2 aliphatic rings. The summed E-state index contributed by atoms with van der Waals surface area (Å²) in [5.74, 6) is 0.571. The van der Waals surface area contributed by atoms with Gasteiger partial charge >= 0.3 is 0 Å². The van der Waals surface area contributed by atoms with Gasteiger partial charge in [0.15, 0.2) is 0 Å². The van der Waals surface area contributed by atoms with Gasteiger partial charge in [-0.3, -0.25) is 34.9 Å². The molecule has 0 radical (unpaired) electrons. The second-order valence-electron chi connectivity index (χ2n) is 11.7. The van der Waals surface area contributed by atoms with Crippen LogP contribution in [0.3, 0.4) is 0 Å². The van der Waals surface area contributed by atoms with E-state index in [1.54, 1.807) is 34.5 Å². The molecular weight excluding hydrogens is 524 g/mol. The quantitative estimate of drug-likeness (QED) is 0.295. The second-order valence-corrected chi connectivity index (χ2v) is 11.7. The lowest BCUT2D eigenvalue weighted by molar-refractivity contribution is -0.131. The molecule has 1 N–H and O–H groups in total. The van der Waals surface area contributed by atoms with Crippen LogP contribution in [0.5, 0.6) is 0 Å². The lowest BCUT2D eigenvalue weighted by Gasteiger charge is -2.29. The van der Waals surface area contributed by atoms with E-state index in [9.17, 15) is 9.59 Å². The highest BCUT2D eigenvalue weighted by Gasteiger charge is 2.50. The Morgan fingerprint density at radius 2 is 1.69 bits per heavy atom. The zero-order valence-corrected chi connectivity index (χ0v) is 24.0. The first-order valence-electron chi connectivity index (χ1n) is 14.4. The molecule has 4 heterocycles. The number of fused-ring (bicyclic) bond motifs is 1. The lowest BCUT2D eigenvalue weighted by atomic mass is 9.73. The normalized spacial score (nSPS) is 18.2. The van der Waals surface area contributed by atoms with Crippen molar-refractivity contribution in [2.24, 2.45) is 5.92 Å². The van der Waals surface area contributed by atoms with E-state index < -0.39 is 5.41 Å². The highest BCUT2D eigenvalue weighted by Crippen LogP contribution is 2.43. The SMILES string of the molecule is CC(C)CCC1(c2cccc(-c3cccnc3)c2)CC(=N)N(Cc2cccc(C(=O)N3Cc4nccnc4C3)c2)C1=O. The number of nitrogens with zero attached hydrogens (tertiary/aromatic N) is 5. The van der Waals surface area contributed by atoms with E-state index in [1.165, 1.54) is 0 Å². The molecule has 2 aromatic carbocycles. The van der Waals surface area contributed by atoms with E-state index in [0.29, 0.717) is 43.2 Å². The van der Waals surface area contributed by atoms with Crippen LogP contribution < -0.4 is 0 Å². The Bertz CT molecular complexity index is 1630. The number of carbonyl (C=O) groups is 2. The molecule has 42 heavy (non-hydrogen) atoms. The van der Waals surface area contributed by atoms with Crippen LogP contribution in [0.1, 0.15) is 66.0 Å². The number of pyridine rings is 1. The van der Waals surface area contributed by atoms with Gasteiger partial charge in [0.1, 0.15) is 5.84 Å². The van der Waals surface area contributed by atoms with Crippen LogP contribution in [0.25, 0.3) is 11.1 Å². The molecular formula is C34H34N6O2. The second kappa shape index (κ2) is 11.3. The first kappa shape index (κ1) is 27.4. The molecule has 8 nitrogen and oxygen atoms in total. The smallest absolute Gasteiger partial charge is 0.254 e. The number of hydrogen-bond acceptors (Lipinski definition) is 6. The van der Waals surface area contributed by atoms with E-state index in [0.717, 1.165) is 40.1 Å². The van der Waals surface area contributed by atoms with Crippen LogP contribution in [0.2, 0.25) is 0 Å². The number of amidine groups is 1. The highest BCUT2D eigenvalue weighted by molar-refractivity contribution is 6.10. The van der Waals surface area contributed by atoms with Crippen molar-refractivity contribution in [3.63, 3.8) is 0 Å². The first-order valence-corrected chi connectivity index (χ1v) is 14.4. The van der Waals surface area contributed by atoms with E-state index in [-0.39, 0.29) is 18.4 Å². The summed E-state index contributed by atoms with van der Waals surface area (Å²) >= 11 is 0. The number of nitrogens with one attached hydrogen (secondary N) is 1. The minimum absolute atomic E-state index is 0.0552. The molecule has 1 unspecified atom stereocenters. The molecule has 0 spiro atoms. The summed E-state index contributed by atoms with van der Waals surface area (Å²) in [7, 11) is 0. The molecule has 2 aliphatic heterocycles. The van der Waals surface area contributed by atoms with Crippen LogP contribution in [0.15, 0.2) is 85.5 Å². The Kier molecular flexibility index (Phi) is 7.37. The third kappa shape index (κ3) is 5.20. The van der Waals surface area contributed by atoms with Gasteiger partial charge in [-0.15, -0.1) is 0 Å². The topological polar surface area (TPSA) is 103 Å². The highest BCUT2D eigenvalue weighted by atomic mass is 16.2. The van der Waals surface area contributed by atoms with Crippen molar-refractivity contribution in [1.82, 2.24) is 24.8 Å². The van der Waals surface area contributed by atoms with Crippen LogP contribution >= 0.6 is 0 Å². The Balaban J connectivity index is 1.26. The summed E-state index contributed by atoms with van der Waals surface area (Å²) in [6, 6.07) is 19.4. The van der Waals surface area contributed by atoms with Gasteiger partial charge in [0.25, 0.3) is 5.91 Å². The van der Waals surface area contributed by atoms with Crippen LogP contribution in [0, 0.1) is 11.3 Å². The van der Waals surface area contributed by atoms with E-state index in [4.69, 9.17) is 5.41 Å². The zero-order chi connectivity index (χ0) is 29.3. The van der Waals surface area contributed by atoms with Crippen LogP contribution in [-0.4, -0.2) is 42.4 Å². The molecule has 1 fully saturated rings. The fourth-order valence-electron chi connectivity index (χ4n) is 6.02. The van der Waals surface area contributed by atoms with Crippen molar-refractivity contribution < 1.29 is 9.59 Å². The monoisotopic (exact) mass is 558 g/mol. The summed E-state index contributed by atoms with van der Waals surface area (Å²) in [5, 5.41) is 8.95. The van der Waals surface area contributed by atoms with Crippen molar-refractivity contribution in [3.05, 3.63) is 114 Å². The minimum Gasteiger partial charge on any atom is -0.327 e. The number of benzene rings is 2. The summed E-state index contributed by atoms with van der Waals surface area (Å²) in [5.41, 5.74) is 5.12. The van der Waals surface area contributed by atoms with Gasteiger partial charge in [-0.2, -0.15) is 0 Å². The van der Waals surface area contributed by atoms with Crippen LogP contribution in [-0.2, 0) is 29.8 Å². The molecule has 0 bridgehead atoms. The summed E-state index contributed by atoms with van der Waals surface area (Å²) in [6.07, 6.45) is 8.74. The molecule has 2 aromatic heterocycles. The standard InChI is InChI=1S/C34H34N6O2/c1-23(2)11-12-34(28-10-4-7-25(17-28)27-9-5-13-36-19-27)18-31(35)40(33(34)42)20-24-6-3-8-26(16-24)32(41)39-21-29-30(22-39)38-15-14-37-29/h3-10,13-17,19,23,35H,11-12,18,20-22H2,1-2H3. The number of amides is 2. The molecule has 212 valence electrons. The van der Waals surface area contributed by atoms with Gasteiger partial charge in [-0.1, -0.05) is 50.2 Å². The minimum atomic E-state index is -0.811. The summed E-state index contributed by atoms with van der Waals surface area (Å²) in [4.78, 5) is 44.0. The van der Waals surface area contributed by atoms with Gasteiger partial charge in [0.2, 0.25) is 5.91 Å². The van der Waals surface area contributed by atoms with Gasteiger partial charge < -0.3 is 4.90 Å². The number of rotatable bonds is 8. The Labute approximate surface area is 246 Å². The van der Waals surface area contributed by atoms with E-state index in [1.807, 2.05) is 54.7 Å². The molecule has 0 saturated carbocycles. The maximum atomic E-state index is 14.3. The maximum Gasteiger partial charge on any atom is 0.254 e. The third-order valence-electron chi connectivity index (χ3n) is 8.35. The fraction of sp³-hybridized carbons (Fsp3) is 0.294. The Morgan fingerprint density at radius 3 is 2.40 bits per heavy atom. The van der Waals surface area contributed by atoms with Gasteiger partial charge in [-0.25, -0.2) is 0 Å². The number of aromatic nitrogens is 3. The molecule has 6 rings (SSSR count). The van der Waals surface area contributed by atoms with E-state index >= 15 is 0 Å². The molecule has 2 amide bonds. The number of likely N-dealkylation sites (tertiary alicyclic amines) is 1. The maximum absolute atomic E-state index is 14.3. The molecule has 4 aromatic rings.